The van der Waals surface area contributed by atoms with Crippen LogP contribution in [0.15, 0.2) is 12.1 Å². The van der Waals surface area contributed by atoms with Crippen LogP contribution in [0.25, 0.3) is 0 Å². The van der Waals surface area contributed by atoms with Gasteiger partial charge < -0.3 is 14.3 Å². The Balaban J connectivity index is 3.24. The van der Waals surface area contributed by atoms with Gasteiger partial charge in [0.2, 0.25) is 0 Å². The highest BCUT2D eigenvalue weighted by Gasteiger charge is 2.29. The van der Waals surface area contributed by atoms with Crippen molar-refractivity contribution in [2.45, 2.75) is 5.92 Å². The Hall–Kier alpha value is -2.31. The summed E-state index contributed by atoms with van der Waals surface area (Å²) >= 11 is 0. The summed E-state index contributed by atoms with van der Waals surface area (Å²) in [7, 11) is 2.02. The zero-order valence-corrected chi connectivity index (χ0v) is 10.1. The molecule has 0 aliphatic carbocycles. The molecule has 0 aromatic heterocycles. The maximum atomic E-state index is 13.4. The van der Waals surface area contributed by atoms with Gasteiger partial charge in [-0.15, -0.1) is 0 Å². The SMILES string of the molecule is COC(=O)C(=O)C(C=O)c1cc(F)c(OC)c(F)c1. The van der Waals surface area contributed by atoms with Gasteiger partial charge in [0, 0.05) is 0 Å². The second kappa shape index (κ2) is 6.03. The third-order valence-corrected chi connectivity index (χ3v) is 2.39. The van der Waals surface area contributed by atoms with E-state index in [0.29, 0.717) is 0 Å². The number of benzene rings is 1. The summed E-state index contributed by atoms with van der Waals surface area (Å²) < 4.78 is 35.5. The van der Waals surface area contributed by atoms with Crippen molar-refractivity contribution in [3.8, 4) is 5.75 Å². The van der Waals surface area contributed by atoms with Crippen LogP contribution in [0.1, 0.15) is 11.5 Å². The molecule has 0 saturated heterocycles. The molecule has 0 radical (unpaired) electrons. The van der Waals surface area contributed by atoms with Gasteiger partial charge >= 0.3 is 5.97 Å². The number of aldehydes is 1. The first-order valence-corrected chi connectivity index (χ1v) is 5.06. The number of rotatable bonds is 5. The maximum Gasteiger partial charge on any atom is 0.375 e. The van der Waals surface area contributed by atoms with Crippen LogP contribution < -0.4 is 4.74 Å². The number of ketones is 1. The molecule has 0 fully saturated rings. The Morgan fingerprint density at radius 3 is 2.11 bits per heavy atom. The van der Waals surface area contributed by atoms with Crippen LogP contribution in [-0.4, -0.2) is 32.3 Å². The summed E-state index contributed by atoms with van der Waals surface area (Å²) in [5.74, 6) is -6.90. The number of esters is 1. The molecule has 1 aromatic carbocycles. The Morgan fingerprint density at radius 1 is 1.21 bits per heavy atom. The van der Waals surface area contributed by atoms with Crippen LogP contribution in [0.3, 0.4) is 0 Å². The van der Waals surface area contributed by atoms with E-state index in [0.717, 1.165) is 26.4 Å². The first-order valence-electron chi connectivity index (χ1n) is 5.06. The normalized spacial score (nSPS) is 11.6. The molecule has 102 valence electrons. The topological polar surface area (TPSA) is 69.7 Å². The number of Topliss-reactive ketones (excluding diaryl/α,β-unsaturated/α-hetero) is 1. The predicted molar refractivity (Wildman–Crippen MR) is 58.7 cm³/mol. The second-order valence-electron chi connectivity index (χ2n) is 3.49. The molecule has 0 N–H and O–H groups in total. The molecule has 0 aliphatic heterocycles. The molecular weight excluding hydrogens is 262 g/mol. The number of hydrogen-bond acceptors (Lipinski definition) is 5. The Morgan fingerprint density at radius 2 is 1.74 bits per heavy atom. The predicted octanol–water partition coefficient (Wildman–Crippen LogP) is 0.998. The number of carbonyl (C=O) groups is 3. The summed E-state index contributed by atoms with van der Waals surface area (Å²) in [4.78, 5) is 33.4. The van der Waals surface area contributed by atoms with E-state index in [1.807, 2.05) is 0 Å². The van der Waals surface area contributed by atoms with E-state index in [-0.39, 0.29) is 11.8 Å². The highest BCUT2D eigenvalue weighted by Crippen LogP contribution is 2.26. The Labute approximate surface area is 107 Å². The fraction of sp³-hybridized carbons (Fsp3) is 0.250. The maximum absolute atomic E-state index is 13.4. The molecule has 1 aromatic rings. The molecule has 0 aliphatic rings. The van der Waals surface area contributed by atoms with Crippen LogP contribution in [0, 0.1) is 11.6 Å². The first kappa shape index (κ1) is 14.7. The molecule has 1 atom stereocenters. The van der Waals surface area contributed by atoms with Crippen LogP contribution in [0.5, 0.6) is 5.75 Å². The van der Waals surface area contributed by atoms with Crippen LogP contribution in [0.2, 0.25) is 0 Å². The number of halogens is 2. The summed E-state index contributed by atoms with van der Waals surface area (Å²) in [6.45, 7) is 0. The molecule has 7 heteroatoms. The molecule has 0 amide bonds. The first-order chi connectivity index (χ1) is 8.96. The second-order valence-corrected chi connectivity index (χ2v) is 3.49. The van der Waals surface area contributed by atoms with Gasteiger partial charge in [0.1, 0.15) is 12.2 Å². The lowest BCUT2D eigenvalue weighted by atomic mass is 9.95. The van der Waals surface area contributed by atoms with Crippen molar-refractivity contribution in [3.05, 3.63) is 29.3 Å². The van der Waals surface area contributed by atoms with Crippen molar-refractivity contribution in [2.24, 2.45) is 0 Å². The fourth-order valence-electron chi connectivity index (χ4n) is 1.47. The highest BCUT2D eigenvalue weighted by molar-refractivity contribution is 6.38. The Bertz CT molecular complexity index is 504. The summed E-state index contributed by atoms with van der Waals surface area (Å²) in [5, 5.41) is 0. The van der Waals surface area contributed by atoms with E-state index in [1.54, 1.807) is 0 Å². The van der Waals surface area contributed by atoms with Crippen molar-refractivity contribution in [1.29, 1.82) is 0 Å². The molecule has 0 heterocycles. The monoisotopic (exact) mass is 272 g/mol. The average molecular weight is 272 g/mol. The van der Waals surface area contributed by atoms with Crippen molar-refractivity contribution in [3.63, 3.8) is 0 Å². The van der Waals surface area contributed by atoms with Gasteiger partial charge in [-0.2, -0.15) is 0 Å². The zero-order valence-electron chi connectivity index (χ0n) is 10.1. The summed E-state index contributed by atoms with van der Waals surface area (Å²) in [6.07, 6.45) is 0.111. The lowest BCUT2D eigenvalue weighted by Gasteiger charge is -2.10. The van der Waals surface area contributed by atoms with Crippen molar-refractivity contribution >= 4 is 18.0 Å². The number of carbonyl (C=O) groups excluding carboxylic acids is 3. The van der Waals surface area contributed by atoms with Crippen molar-refractivity contribution in [2.75, 3.05) is 14.2 Å². The van der Waals surface area contributed by atoms with E-state index in [1.165, 1.54) is 0 Å². The quantitative estimate of drug-likeness (QED) is 0.346. The molecule has 0 saturated carbocycles. The fourth-order valence-corrected chi connectivity index (χ4v) is 1.47. The third-order valence-electron chi connectivity index (χ3n) is 2.39. The zero-order chi connectivity index (χ0) is 14.6. The van der Waals surface area contributed by atoms with Gasteiger partial charge in [-0.3, -0.25) is 4.79 Å². The molecule has 1 rings (SSSR count). The smallest absolute Gasteiger partial charge is 0.375 e. The minimum Gasteiger partial charge on any atom is -0.491 e. The Kier molecular flexibility index (Phi) is 4.68. The molecule has 1 unspecified atom stereocenters. The summed E-state index contributed by atoms with van der Waals surface area (Å²) in [6, 6.07) is 1.50. The molecular formula is C12H10F2O5. The van der Waals surface area contributed by atoms with Gasteiger partial charge in [-0.1, -0.05) is 0 Å². The van der Waals surface area contributed by atoms with Crippen molar-refractivity contribution in [1.82, 2.24) is 0 Å². The lowest BCUT2D eigenvalue weighted by molar-refractivity contribution is -0.152. The minimum absolute atomic E-state index is 0.111. The van der Waals surface area contributed by atoms with E-state index < -0.39 is 35.1 Å². The number of hydrogen-bond donors (Lipinski definition) is 0. The minimum atomic E-state index is -1.62. The molecule has 5 nitrogen and oxygen atoms in total. The van der Waals surface area contributed by atoms with Gasteiger partial charge in [-0.25, -0.2) is 13.6 Å². The molecule has 19 heavy (non-hydrogen) atoms. The number of ether oxygens (including phenoxy) is 2. The van der Waals surface area contributed by atoms with E-state index >= 15 is 0 Å². The summed E-state index contributed by atoms with van der Waals surface area (Å²) in [5.41, 5.74) is -0.291. The largest absolute Gasteiger partial charge is 0.491 e. The van der Waals surface area contributed by atoms with E-state index in [9.17, 15) is 23.2 Å². The van der Waals surface area contributed by atoms with E-state index in [4.69, 9.17) is 0 Å². The van der Waals surface area contributed by atoms with Crippen LogP contribution in [-0.2, 0) is 19.1 Å². The third kappa shape index (κ3) is 2.93. The molecule has 0 bridgehead atoms. The van der Waals surface area contributed by atoms with Gasteiger partial charge in [0.25, 0.3) is 5.78 Å². The highest BCUT2D eigenvalue weighted by atomic mass is 19.1. The lowest BCUT2D eigenvalue weighted by Crippen LogP contribution is -2.24. The van der Waals surface area contributed by atoms with Crippen LogP contribution in [0.4, 0.5) is 8.78 Å². The standard InChI is InChI=1S/C12H10F2O5/c1-18-11-8(13)3-6(4-9(11)14)7(5-15)10(16)12(17)19-2/h3-5,7H,1-2H3. The molecule has 0 spiro atoms. The van der Waals surface area contributed by atoms with Gasteiger partial charge in [0.15, 0.2) is 17.4 Å². The van der Waals surface area contributed by atoms with Gasteiger partial charge in [0.05, 0.1) is 14.2 Å². The van der Waals surface area contributed by atoms with E-state index in [2.05, 4.69) is 9.47 Å². The van der Waals surface area contributed by atoms with Gasteiger partial charge in [-0.05, 0) is 17.7 Å². The average Bonchev–Trinajstić information content (AvgIpc) is 2.38. The number of methoxy groups -OCH3 is 2. The van der Waals surface area contributed by atoms with Crippen molar-refractivity contribution < 1.29 is 32.6 Å². The van der Waals surface area contributed by atoms with Crippen LogP contribution >= 0.6 is 0 Å².